The van der Waals surface area contributed by atoms with Crippen LogP contribution in [0, 0.1) is 0 Å². The third-order valence-electron chi connectivity index (χ3n) is 3.49. The molecule has 1 aromatic rings. The lowest BCUT2D eigenvalue weighted by molar-refractivity contribution is 0.134. The van der Waals surface area contributed by atoms with Crippen LogP contribution >= 0.6 is 0 Å². The van der Waals surface area contributed by atoms with Crippen LogP contribution < -0.4 is 5.32 Å². The molecule has 0 saturated heterocycles. The number of rotatable bonds is 5. The summed E-state index contributed by atoms with van der Waals surface area (Å²) in [6.07, 6.45) is 2.05. The van der Waals surface area contributed by atoms with E-state index in [0.717, 1.165) is 26.1 Å². The van der Waals surface area contributed by atoms with Crippen molar-refractivity contribution in [2.24, 2.45) is 0 Å². The van der Waals surface area contributed by atoms with E-state index in [1.165, 1.54) is 22.3 Å². The van der Waals surface area contributed by atoms with Crippen LogP contribution in [0.15, 0.2) is 30.4 Å². The van der Waals surface area contributed by atoms with Gasteiger partial charge in [-0.15, -0.1) is 0 Å². The molecule has 2 rings (SSSR count). The van der Waals surface area contributed by atoms with Crippen LogP contribution in [0.5, 0.6) is 0 Å². The molecule has 0 fully saturated rings. The summed E-state index contributed by atoms with van der Waals surface area (Å²) in [6.45, 7) is 7.78. The average molecular weight is 231 g/mol. The topological polar surface area (TPSA) is 21.3 Å². The van der Waals surface area contributed by atoms with E-state index in [0.29, 0.717) is 6.04 Å². The van der Waals surface area contributed by atoms with E-state index in [-0.39, 0.29) is 0 Å². The lowest BCUT2D eigenvalue weighted by Crippen LogP contribution is -2.17. The standard InChI is InChI=1S/C15H21NO/c1-4-11(2)7-15(16-3)12-5-6-13-9-17-10-14(13)8-12/h5-6,8,15-16H,2,4,7,9-10H2,1,3H3. The maximum Gasteiger partial charge on any atom is 0.0725 e. The van der Waals surface area contributed by atoms with Gasteiger partial charge >= 0.3 is 0 Å². The van der Waals surface area contributed by atoms with Crippen molar-refractivity contribution in [3.8, 4) is 0 Å². The van der Waals surface area contributed by atoms with E-state index in [9.17, 15) is 0 Å². The summed E-state index contributed by atoms with van der Waals surface area (Å²) in [6, 6.07) is 7.04. The van der Waals surface area contributed by atoms with Gasteiger partial charge in [0.25, 0.3) is 0 Å². The first kappa shape index (κ1) is 12.3. The number of nitrogens with one attached hydrogen (secondary N) is 1. The molecular weight excluding hydrogens is 210 g/mol. The minimum atomic E-state index is 0.369. The van der Waals surface area contributed by atoms with Gasteiger partial charge in [0.2, 0.25) is 0 Å². The summed E-state index contributed by atoms with van der Waals surface area (Å²) < 4.78 is 5.45. The number of benzene rings is 1. The zero-order chi connectivity index (χ0) is 12.3. The highest BCUT2D eigenvalue weighted by atomic mass is 16.5. The van der Waals surface area contributed by atoms with Crippen LogP contribution in [0.4, 0.5) is 0 Å². The molecule has 0 saturated carbocycles. The Morgan fingerprint density at radius 2 is 2.18 bits per heavy atom. The molecule has 2 heteroatoms. The maximum atomic E-state index is 5.45. The molecule has 92 valence electrons. The lowest BCUT2D eigenvalue weighted by Gasteiger charge is -2.18. The number of hydrogen-bond donors (Lipinski definition) is 1. The van der Waals surface area contributed by atoms with Crippen LogP contribution in [-0.2, 0) is 18.0 Å². The average Bonchev–Trinajstić information content (AvgIpc) is 2.82. The molecule has 17 heavy (non-hydrogen) atoms. The van der Waals surface area contributed by atoms with Crippen LogP contribution in [0.3, 0.4) is 0 Å². The van der Waals surface area contributed by atoms with E-state index in [4.69, 9.17) is 4.74 Å². The third kappa shape index (κ3) is 2.76. The van der Waals surface area contributed by atoms with Gasteiger partial charge in [-0.3, -0.25) is 0 Å². The zero-order valence-electron chi connectivity index (χ0n) is 10.8. The van der Waals surface area contributed by atoms with E-state index in [1.54, 1.807) is 0 Å². The number of fused-ring (bicyclic) bond motifs is 1. The van der Waals surface area contributed by atoms with Crippen molar-refractivity contribution in [2.45, 2.75) is 39.0 Å². The first-order valence-corrected chi connectivity index (χ1v) is 6.28. The Labute approximate surface area is 104 Å². The molecule has 1 atom stereocenters. The molecule has 0 amide bonds. The van der Waals surface area contributed by atoms with Crippen LogP contribution in [-0.4, -0.2) is 7.05 Å². The van der Waals surface area contributed by atoms with Crippen molar-refractivity contribution in [1.29, 1.82) is 0 Å². The smallest absolute Gasteiger partial charge is 0.0725 e. The zero-order valence-corrected chi connectivity index (χ0v) is 10.8. The molecule has 0 aliphatic carbocycles. The minimum Gasteiger partial charge on any atom is -0.372 e. The molecule has 1 N–H and O–H groups in total. The van der Waals surface area contributed by atoms with Gasteiger partial charge in [-0.1, -0.05) is 37.3 Å². The van der Waals surface area contributed by atoms with E-state index in [2.05, 4.69) is 37.0 Å². The second-order valence-electron chi connectivity index (χ2n) is 4.67. The van der Waals surface area contributed by atoms with Gasteiger partial charge < -0.3 is 10.1 Å². The summed E-state index contributed by atoms with van der Waals surface area (Å²) in [5.74, 6) is 0. The monoisotopic (exact) mass is 231 g/mol. The van der Waals surface area contributed by atoms with Gasteiger partial charge in [0.05, 0.1) is 13.2 Å². The fourth-order valence-corrected chi connectivity index (χ4v) is 2.23. The summed E-state index contributed by atoms with van der Waals surface area (Å²) in [7, 11) is 2.01. The predicted octanol–water partition coefficient (Wildman–Crippen LogP) is 3.33. The van der Waals surface area contributed by atoms with E-state index in [1.807, 2.05) is 7.05 Å². The summed E-state index contributed by atoms with van der Waals surface area (Å²) in [5.41, 5.74) is 5.30. The number of ether oxygens (including phenoxy) is 1. The van der Waals surface area contributed by atoms with Crippen LogP contribution in [0.2, 0.25) is 0 Å². The van der Waals surface area contributed by atoms with Crippen LogP contribution in [0.25, 0.3) is 0 Å². The fourth-order valence-electron chi connectivity index (χ4n) is 2.23. The molecule has 2 nitrogen and oxygen atoms in total. The Kier molecular flexibility index (Phi) is 3.97. The first-order valence-electron chi connectivity index (χ1n) is 6.28. The van der Waals surface area contributed by atoms with E-state index < -0.39 is 0 Å². The number of hydrogen-bond acceptors (Lipinski definition) is 2. The Balaban J connectivity index is 2.16. The Morgan fingerprint density at radius 3 is 2.88 bits per heavy atom. The molecule has 1 unspecified atom stereocenters. The van der Waals surface area contributed by atoms with Crippen molar-refractivity contribution in [3.05, 3.63) is 47.0 Å². The van der Waals surface area contributed by atoms with Crippen molar-refractivity contribution >= 4 is 0 Å². The van der Waals surface area contributed by atoms with Crippen molar-refractivity contribution in [2.75, 3.05) is 7.05 Å². The highest BCUT2D eigenvalue weighted by Crippen LogP contribution is 2.27. The Morgan fingerprint density at radius 1 is 1.41 bits per heavy atom. The molecular formula is C15H21NO. The predicted molar refractivity (Wildman–Crippen MR) is 70.8 cm³/mol. The van der Waals surface area contributed by atoms with E-state index >= 15 is 0 Å². The normalized spacial score (nSPS) is 15.6. The van der Waals surface area contributed by atoms with Gasteiger partial charge in [-0.2, -0.15) is 0 Å². The quantitative estimate of drug-likeness (QED) is 0.785. The summed E-state index contributed by atoms with van der Waals surface area (Å²) in [4.78, 5) is 0. The van der Waals surface area contributed by atoms with Gasteiger partial charge in [-0.25, -0.2) is 0 Å². The van der Waals surface area contributed by atoms with Crippen molar-refractivity contribution < 1.29 is 4.74 Å². The van der Waals surface area contributed by atoms with Gasteiger partial charge in [0, 0.05) is 6.04 Å². The Hall–Kier alpha value is -1.12. The SMILES string of the molecule is C=C(CC)CC(NC)c1ccc2c(c1)COC2. The van der Waals surface area contributed by atoms with Crippen molar-refractivity contribution in [3.63, 3.8) is 0 Å². The van der Waals surface area contributed by atoms with Gasteiger partial charge in [0.15, 0.2) is 0 Å². The lowest BCUT2D eigenvalue weighted by atomic mass is 9.96. The fraction of sp³-hybridized carbons (Fsp3) is 0.467. The molecule has 0 spiro atoms. The largest absolute Gasteiger partial charge is 0.372 e. The highest BCUT2D eigenvalue weighted by molar-refractivity contribution is 5.35. The summed E-state index contributed by atoms with van der Waals surface area (Å²) >= 11 is 0. The van der Waals surface area contributed by atoms with Crippen molar-refractivity contribution in [1.82, 2.24) is 5.32 Å². The third-order valence-corrected chi connectivity index (χ3v) is 3.49. The Bertz CT molecular complexity index is 411. The molecule has 1 heterocycles. The van der Waals surface area contributed by atoms with Crippen LogP contribution in [0.1, 0.15) is 42.5 Å². The molecule has 1 aliphatic rings. The summed E-state index contributed by atoms with van der Waals surface area (Å²) in [5, 5.41) is 3.37. The molecule has 0 aromatic heterocycles. The maximum absolute atomic E-state index is 5.45. The molecule has 1 aliphatic heterocycles. The highest BCUT2D eigenvalue weighted by Gasteiger charge is 2.15. The van der Waals surface area contributed by atoms with Gasteiger partial charge in [-0.05, 0) is 36.6 Å². The second-order valence-corrected chi connectivity index (χ2v) is 4.67. The second kappa shape index (κ2) is 5.48. The molecule has 0 bridgehead atoms. The minimum absolute atomic E-state index is 0.369. The molecule has 0 radical (unpaired) electrons. The van der Waals surface area contributed by atoms with Gasteiger partial charge in [0.1, 0.15) is 0 Å². The first-order chi connectivity index (χ1) is 8.24. The molecule has 1 aromatic carbocycles.